The summed E-state index contributed by atoms with van der Waals surface area (Å²) in [6.45, 7) is 10.2. The summed E-state index contributed by atoms with van der Waals surface area (Å²) in [5.41, 5.74) is 1.31. The molecule has 0 radical (unpaired) electrons. The SMILES string of the molecule is CC[C@](C)(CNC(=O)N1CCc2sccc2C1)N1CCOCC1. The third-order valence-electron chi connectivity index (χ3n) is 5.25. The van der Waals surface area contributed by atoms with Gasteiger partial charge in [-0.3, -0.25) is 4.90 Å². The number of hydrogen-bond acceptors (Lipinski definition) is 4. The van der Waals surface area contributed by atoms with Crippen molar-refractivity contribution in [3.63, 3.8) is 0 Å². The molecule has 23 heavy (non-hydrogen) atoms. The van der Waals surface area contributed by atoms with Crippen LogP contribution in [0.2, 0.25) is 0 Å². The van der Waals surface area contributed by atoms with Crippen LogP contribution in [-0.4, -0.2) is 60.8 Å². The van der Waals surface area contributed by atoms with Crippen LogP contribution >= 0.6 is 11.3 Å². The zero-order valence-electron chi connectivity index (χ0n) is 14.1. The molecular formula is C17H27N3O2S. The summed E-state index contributed by atoms with van der Waals surface area (Å²) >= 11 is 1.80. The minimum absolute atomic E-state index is 0.00275. The second-order valence-corrected chi connectivity index (χ2v) is 7.65. The Morgan fingerprint density at radius 2 is 2.17 bits per heavy atom. The van der Waals surface area contributed by atoms with Gasteiger partial charge in [0.2, 0.25) is 0 Å². The van der Waals surface area contributed by atoms with E-state index in [1.165, 1.54) is 10.4 Å². The molecule has 1 N–H and O–H groups in total. The predicted octanol–water partition coefficient (Wildman–Crippen LogP) is 2.32. The molecule has 0 spiro atoms. The highest BCUT2D eigenvalue weighted by molar-refractivity contribution is 7.10. The molecule has 2 aliphatic rings. The highest BCUT2D eigenvalue weighted by atomic mass is 32.1. The normalized spacial score (nSPS) is 21.6. The van der Waals surface area contributed by atoms with E-state index in [9.17, 15) is 4.79 Å². The van der Waals surface area contributed by atoms with Crippen molar-refractivity contribution in [1.29, 1.82) is 0 Å². The molecule has 1 atom stereocenters. The Labute approximate surface area is 142 Å². The lowest BCUT2D eigenvalue weighted by molar-refractivity contribution is -0.0168. The Balaban J connectivity index is 1.55. The lowest BCUT2D eigenvalue weighted by Gasteiger charge is -2.43. The summed E-state index contributed by atoms with van der Waals surface area (Å²) < 4.78 is 5.45. The summed E-state index contributed by atoms with van der Waals surface area (Å²) in [5, 5.41) is 5.30. The average molecular weight is 337 g/mol. The van der Waals surface area contributed by atoms with Gasteiger partial charge in [-0.15, -0.1) is 11.3 Å². The smallest absolute Gasteiger partial charge is 0.317 e. The van der Waals surface area contributed by atoms with Crippen molar-refractivity contribution in [2.24, 2.45) is 0 Å². The largest absolute Gasteiger partial charge is 0.379 e. The summed E-state index contributed by atoms with van der Waals surface area (Å²) in [6, 6.07) is 2.21. The Bertz CT molecular complexity index is 542. The van der Waals surface area contributed by atoms with Crippen LogP contribution in [0.15, 0.2) is 11.4 Å². The van der Waals surface area contributed by atoms with Gasteiger partial charge >= 0.3 is 6.03 Å². The van der Waals surface area contributed by atoms with Crippen molar-refractivity contribution in [1.82, 2.24) is 15.1 Å². The number of amides is 2. The molecule has 0 aliphatic carbocycles. The third kappa shape index (κ3) is 3.70. The molecule has 2 aliphatic heterocycles. The molecule has 3 rings (SSSR count). The maximum absolute atomic E-state index is 12.6. The van der Waals surface area contributed by atoms with Gasteiger partial charge < -0.3 is 15.0 Å². The molecule has 128 valence electrons. The molecule has 3 heterocycles. The summed E-state index contributed by atoms with van der Waals surface area (Å²) in [6.07, 6.45) is 2.00. The number of fused-ring (bicyclic) bond motifs is 1. The van der Waals surface area contributed by atoms with Crippen LogP contribution in [0.3, 0.4) is 0 Å². The highest BCUT2D eigenvalue weighted by Crippen LogP contribution is 2.24. The minimum atomic E-state index is 0.00275. The number of nitrogens with one attached hydrogen (secondary N) is 1. The summed E-state index contributed by atoms with van der Waals surface area (Å²) in [4.78, 5) is 18.4. The van der Waals surface area contributed by atoms with E-state index in [1.807, 2.05) is 4.90 Å². The van der Waals surface area contributed by atoms with Crippen molar-refractivity contribution >= 4 is 17.4 Å². The first-order valence-corrected chi connectivity index (χ1v) is 9.41. The number of carbonyl (C=O) groups is 1. The topological polar surface area (TPSA) is 44.8 Å². The highest BCUT2D eigenvalue weighted by Gasteiger charge is 2.32. The molecule has 1 fully saturated rings. The van der Waals surface area contributed by atoms with Crippen molar-refractivity contribution in [3.05, 3.63) is 21.9 Å². The van der Waals surface area contributed by atoms with E-state index < -0.39 is 0 Å². The maximum atomic E-state index is 12.6. The molecule has 5 nitrogen and oxygen atoms in total. The second-order valence-electron chi connectivity index (χ2n) is 6.65. The molecule has 1 aromatic heterocycles. The van der Waals surface area contributed by atoms with Crippen LogP contribution in [0.25, 0.3) is 0 Å². The summed E-state index contributed by atoms with van der Waals surface area (Å²) in [5.74, 6) is 0. The number of morpholine rings is 1. The Hall–Kier alpha value is -1.11. The molecule has 6 heteroatoms. The molecular weight excluding hydrogens is 310 g/mol. The van der Waals surface area contributed by atoms with Gasteiger partial charge in [0, 0.05) is 43.1 Å². The quantitative estimate of drug-likeness (QED) is 0.917. The van der Waals surface area contributed by atoms with Crippen LogP contribution < -0.4 is 5.32 Å². The average Bonchev–Trinajstić information content (AvgIpc) is 3.07. The maximum Gasteiger partial charge on any atom is 0.317 e. The van der Waals surface area contributed by atoms with Gasteiger partial charge in [-0.2, -0.15) is 0 Å². The van der Waals surface area contributed by atoms with Gasteiger partial charge in [-0.25, -0.2) is 4.79 Å². The first kappa shape index (κ1) is 16.7. The Morgan fingerprint density at radius 1 is 1.39 bits per heavy atom. The van der Waals surface area contributed by atoms with Crippen LogP contribution in [0.1, 0.15) is 30.7 Å². The number of hydrogen-bond donors (Lipinski definition) is 1. The van der Waals surface area contributed by atoms with Crippen LogP contribution in [0.4, 0.5) is 4.79 Å². The van der Waals surface area contributed by atoms with E-state index in [0.29, 0.717) is 6.54 Å². The number of rotatable bonds is 4. The van der Waals surface area contributed by atoms with Gasteiger partial charge in [-0.05, 0) is 36.8 Å². The van der Waals surface area contributed by atoms with Crippen molar-refractivity contribution in [2.45, 2.75) is 38.8 Å². The molecule has 2 amide bonds. The fourth-order valence-electron chi connectivity index (χ4n) is 3.36. The minimum Gasteiger partial charge on any atom is -0.379 e. The van der Waals surface area contributed by atoms with Gasteiger partial charge in [0.1, 0.15) is 0 Å². The molecule has 0 saturated carbocycles. The number of urea groups is 1. The first-order valence-electron chi connectivity index (χ1n) is 8.53. The van der Waals surface area contributed by atoms with Crippen LogP contribution in [0.5, 0.6) is 0 Å². The number of carbonyl (C=O) groups excluding carboxylic acids is 1. The van der Waals surface area contributed by atoms with Crippen molar-refractivity contribution in [3.8, 4) is 0 Å². The molecule has 0 aromatic carbocycles. The second kappa shape index (κ2) is 7.20. The lowest BCUT2D eigenvalue weighted by Crippen LogP contribution is -2.58. The summed E-state index contributed by atoms with van der Waals surface area (Å²) in [7, 11) is 0. The van der Waals surface area contributed by atoms with E-state index >= 15 is 0 Å². The Morgan fingerprint density at radius 3 is 2.91 bits per heavy atom. The lowest BCUT2D eigenvalue weighted by atomic mass is 9.95. The van der Waals surface area contributed by atoms with Gasteiger partial charge in [0.15, 0.2) is 0 Å². The van der Waals surface area contributed by atoms with E-state index in [0.717, 1.165) is 52.2 Å². The zero-order chi connectivity index (χ0) is 16.3. The standard InChI is InChI=1S/C17H27N3O2S/c1-3-17(2,20-7-9-22-10-8-20)13-18-16(21)19-6-4-15-14(12-19)5-11-23-15/h5,11H,3-4,6-10,12-13H2,1-2H3,(H,18,21)/t17-/m1/s1. The fraction of sp³-hybridized carbons (Fsp3) is 0.706. The zero-order valence-corrected chi connectivity index (χ0v) is 15.0. The Kier molecular flexibility index (Phi) is 5.24. The fourth-order valence-corrected chi connectivity index (χ4v) is 4.25. The molecule has 0 bridgehead atoms. The van der Waals surface area contributed by atoms with E-state index in [4.69, 9.17) is 4.74 Å². The number of nitrogens with zero attached hydrogens (tertiary/aromatic N) is 2. The van der Waals surface area contributed by atoms with E-state index in [-0.39, 0.29) is 11.6 Å². The van der Waals surface area contributed by atoms with E-state index in [1.54, 1.807) is 11.3 Å². The van der Waals surface area contributed by atoms with Crippen molar-refractivity contribution in [2.75, 3.05) is 39.4 Å². The van der Waals surface area contributed by atoms with Gasteiger partial charge in [0.05, 0.1) is 13.2 Å². The predicted molar refractivity (Wildman–Crippen MR) is 92.9 cm³/mol. The van der Waals surface area contributed by atoms with Gasteiger partial charge in [0.25, 0.3) is 0 Å². The van der Waals surface area contributed by atoms with Crippen LogP contribution in [0, 0.1) is 0 Å². The third-order valence-corrected chi connectivity index (χ3v) is 6.27. The monoisotopic (exact) mass is 337 g/mol. The van der Waals surface area contributed by atoms with Gasteiger partial charge in [-0.1, -0.05) is 6.92 Å². The first-order chi connectivity index (χ1) is 11.1. The van der Waals surface area contributed by atoms with Crippen LogP contribution in [-0.2, 0) is 17.7 Å². The number of ether oxygens (including phenoxy) is 1. The van der Waals surface area contributed by atoms with E-state index in [2.05, 4.69) is 35.5 Å². The molecule has 0 unspecified atom stereocenters. The molecule has 1 saturated heterocycles. The number of thiophene rings is 1. The molecule has 1 aromatic rings. The van der Waals surface area contributed by atoms with Crippen molar-refractivity contribution < 1.29 is 9.53 Å².